The molecule has 3 rings (SSSR count). The number of nitrogens with one attached hydrogen (secondary N) is 1. The molecule has 0 saturated heterocycles. The smallest absolute Gasteiger partial charge is 0.395 e. The third-order valence-corrected chi connectivity index (χ3v) is 5.33. The lowest BCUT2D eigenvalue weighted by Crippen LogP contribution is -2.32. The van der Waals surface area contributed by atoms with Gasteiger partial charge in [0.2, 0.25) is 5.91 Å². The number of carbonyl (C=O) groups excluding carboxylic acids is 2. The van der Waals surface area contributed by atoms with Gasteiger partial charge in [-0.1, -0.05) is 12.1 Å². The summed E-state index contributed by atoms with van der Waals surface area (Å²) in [5.74, 6) is -4.35. The van der Waals surface area contributed by atoms with Gasteiger partial charge in [0.25, 0.3) is 5.91 Å². The van der Waals surface area contributed by atoms with E-state index < -0.39 is 59.3 Å². The Balaban J connectivity index is 1.97. The summed E-state index contributed by atoms with van der Waals surface area (Å²) in [7, 11) is 0. The summed E-state index contributed by atoms with van der Waals surface area (Å²) in [4.78, 5) is 32.2. The van der Waals surface area contributed by atoms with Crippen molar-refractivity contribution in [2.75, 3.05) is 6.54 Å². The van der Waals surface area contributed by atoms with Crippen molar-refractivity contribution in [3.05, 3.63) is 101 Å². The number of allylic oxidation sites excluding steroid dienone is 2. The van der Waals surface area contributed by atoms with E-state index in [0.717, 1.165) is 24.4 Å². The molecule has 39 heavy (non-hydrogen) atoms. The third kappa shape index (κ3) is 7.90. The molecule has 0 saturated carbocycles. The highest BCUT2D eigenvalue weighted by atomic mass is 19.4. The van der Waals surface area contributed by atoms with Gasteiger partial charge in [0.05, 0.1) is 17.3 Å². The lowest BCUT2D eigenvalue weighted by atomic mass is 9.94. The molecular formula is C26H21F6N5O2. The predicted octanol–water partition coefficient (Wildman–Crippen LogP) is 4.14. The second-order valence-electron chi connectivity index (χ2n) is 8.21. The van der Waals surface area contributed by atoms with Gasteiger partial charge in [-0.15, -0.1) is 0 Å². The van der Waals surface area contributed by atoms with E-state index in [1.165, 1.54) is 24.4 Å². The first-order valence-corrected chi connectivity index (χ1v) is 11.2. The summed E-state index contributed by atoms with van der Waals surface area (Å²) in [6.45, 7) is -0.611. The van der Waals surface area contributed by atoms with Crippen molar-refractivity contribution in [2.24, 2.45) is 16.5 Å². The molecule has 0 aliphatic rings. The van der Waals surface area contributed by atoms with E-state index in [-0.39, 0.29) is 17.7 Å². The van der Waals surface area contributed by atoms with Crippen LogP contribution in [0.3, 0.4) is 0 Å². The summed E-state index contributed by atoms with van der Waals surface area (Å²) in [5.41, 5.74) is 9.29. The average Bonchev–Trinajstić information content (AvgIpc) is 2.85. The zero-order valence-corrected chi connectivity index (χ0v) is 20.0. The Morgan fingerprint density at radius 2 is 1.72 bits per heavy atom. The number of pyridine rings is 1. The average molecular weight is 549 g/mol. The monoisotopic (exact) mass is 549 g/mol. The molecule has 5 N–H and O–H groups in total. The Kier molecular flexibility index (Phi) is 9.07. The standard InChI is InChI=1S/C26H21F6N5O2/c27-16-8-14(9-17(28)12-16)10-21(37-23(38)13-35-7-5-22(33)26(30,31)32)24-18(2-1-6-36-24)15-3-4-20(29)19(11-15)25(34)39/h1-9,11-12,21H,10,13,33H2,(H2,34,39)(H,37,38)/t21-/m0/s1. The molecule has 1 heterocycles. The molecule has 2 amide bonds. The number of aromatic nitrogens is 1. The number of benzene rings is 2. The van der Waals surface area contributed by atoms with Gasteiger partial charge in [-0.05, 0) is 54.0 Å². The number of primary amides is 1. The quantitative estimate of drug-likeness (QED) is 0.274. The van der Waals surface area contributed by atoms with Crippen LogP contribution in [-0.4, -0.2) is 35.7 Å². The van der Waals surface area contributed by atoms with Crippen LogP contribution in [0, 0.1) is 17.5 Å². The summed E-state index contributed by atoms with van der Waals surface area (Å²) in [6, 6.07) is 8.41. The Labute approximate surface area is 218 Å². The molecule has 3 aromatic rings. The maximum atomic E-state index is 14.1. The second-order valence-corrected chi connectivity index (χ2v) is 8.21. The van der Waals surface area contributed by atoms with Gasteiger partial charge in [-0.3, -0.25) is 19.6 Å². The highest BCUT2D eigenvalue weighted by molar-refractivity contribution is 5.94. The van der Waals surface area contributed by atoms with Gasteiger partial charge in [0.1, 0.15) is 29.7 Å². The zero-order valence-electron chi connectivity index (χ0n) is 20.0. The third-order valence-electron chi connectivity index (χ3n) is 5.33. The van der Waals surface area contributed by atoms with Crippen molar-refractivity contribution in [1.29, 1.82) is 0 Å². The molecular weight excluding hydrogens is 528 g/mol. The fraction of sp³-hybridized carbons (Fsp3) is 0.154. The number of aliphatic imine (C=N–C) groups is 1. The number of amides is 2. The normalized spacial score (nSPS) is 12.9. The minimum absolute atomic E-state index is 0.149. The molecule has 0 fully saturated rings. The van der Waals surface area contributed by atoms with Gasteiger partial charge in [0, 0.05) is 24.0 Å². The molecule has 0 bridgehead atoms. The number of alkyl halides is 3. The Hall–Kier alpha value is -4.68. The molecule has 0 spiro atoms. The van der Waals surface area contributed by atoms with Gasteiger partial charge < -0.3 is 16.8 Å². The van der Waals surface area contributed by atoms with Crippen molar-refractivity contribution < 1.29 is 35.9 Å². The van der Waals surface area contributed by atoms with Crippen LogP contribution in [0.5, 0.6) is 0 Å². The van der Waals surface area contributed by atoms with Gasteiger partial charge in [-0.2, -0.15) is 13.2 Å². The molecule has 0 unspecified atom stereocenters. The van der Waals surface area contributed by atoms with Gasteiger partial charge in [-0.25, -0.2) is 13.2 Å². The molecule has 2 aromatic carbocycles. The van der Waals surface area contributed by atoms with Crippen LogP contribution in [0.2, 0.25) is 0 Å². The zero-order chi connectivity index (χ0) is 28.7. The van der Waals surface area contributed by atoms with E-state index in [2.05, 4.69) is 15.3 Å². The largest absolute Gasteiger partial charge is 0.430 e. The summed E-state index contributed by atoms with van der Waals surface area (Å²) in [6.07, 6.45) is -2.34. The number of nitrogens with two attached hydrogens (primary N) is 2. The summed E-state index contributed by atoms with van der Waals surface area (Å²) < 4.78 is 79.2. The number of hydrogen-bond donors (Lipinski definition) is 3. The van der Waals surface area contributed by atoms with Crippen LogP contribution in [0.15, 0.2) is 71.5 Å². The molecule has 0 radical (unpaired) electrons. The predicted molar refractivity (Wildman–Crippen MR) is 131 cm³/mol. The molecule has 0 aliphatic heterocycles. The molecule has 1 aromatic heterocycles. The van der Waals surface area contributed by atoms with Crippen LogP contribution in [0.1, 0.15) is 27.7 Å². The molecule has 1 atom stereocenters. The number of hydrogen-bond acceptors (Lipinski definition) is 5. The van der Waals surface area contributed by atoms with Crippen LogP contribution in [-0.2, 0) is 11.2 Å². The Morgan fingerprint density at radius 3 is 2.36 bits per heavy atom. The van der Waals surface area contributed by atoms with Gasteiger partial charge in [0.15, 0.2) is 0 Å². The molecule has 204 valence electrons. The van der Waals surface area contributed by atoms with Crippen LogP contribution >= 0.6 is 0 Å². The van der Waals surface area contributed by atoms with E-state index in [4.69, 9.17) is 11.5 Å². The number of nitrogens with zero attached hydrogens (tertiary/aromatic N) is 2. The van der Waals surface area contributed by atoms with Crippen LogP contribution < -0.4 is 16.8 Å². The Bertz CT molecular complexity index is 1420. The van der Waals surface area contributed by atoms with E-state index in [0.29, 0.717) is 23.3 Å². The number of rotatable bonds is 9. The van der Waals surface area contributed by atoms with Crippen molar-refractivity contribution in [2.45, 2.75) is 18.6 Å². The fourth-order valence-corrected chi connectivity index (χ4v) is 3.60. The van der Waals surface area contributed by atoms with Gasteiger partial charge >= 0.3 is 6.18 Å². The summed E-state index contributed by atoms with van der Waals surface area (Å²) in [5, 5.41) is 2.60. The minimum Gasteiger partial charge on any atom is -0.395 e. The SMILES string of the molecule is NC(=O)c1cc(-c2cccnc2[C@H](Cc2cc(F)cc(F)c2)NC(=O)CN=CC=C(N)C(F)(F)F)ccc1F. The fourth-order valence-electron chi connectivity index (χ4n) is 3.60. The van der Waals surface area contributed by atoms with Crippen LogP contribution in [0.4, 0.5) is 26.3 Å². The number of carbonyl (C=O) groups is 2. The molecule has 13 heteroatoms. The van der Waals surface area contributed by atoms with E-state index in [9.17, 15) is 35.9 Å². The first kappa shape index (κ1) is 28.9. The minimum atomic E-state index is -4.76. The summed E-state index contributed by atoms with van der Waals surface area (Å²) >= 11 is 0. The first-order chi connectivity index (χ1) is 18.3. The molecule has 0 aliphatic carbocycles. The van der Waals surface area contributed by atoms with E-state index >= 15 is 0 Å². The first-order valence-electron chi connectivity index (χ1n) is 11.2. The van der Waals surface area contributed by atoms with Crippen LogP contribution in [0.25, 0.3) is 11.1 Å². The highest BCUT2D eigenvalue weighted by Gasteiger charge is 2.30. The second kappa shape index (κ2) is 12.2. The molecule has 7 nitrogen and oxygen atoms in total. The topological polar surface area (TPSA) is 123 Å². The van der Waals surface area contributed by atoms with Crippen molar-refractivity contribution in [3.8, 4) is 11.1 Å². The Morgan fingerprint density at radius 1 is 1.03 bits per heavy atom. The lowest BCUT2D eigenvalue weighted by molar-refractivity contribution is -0.120. The maximum Gasteiger partial charge on any atom is 0.430 e. The van der Waals surface area contributed by atoms with E-state index in [1.54, 1.807) is 6.07 Å². The van der Waals surface area contributed by atoms with E-state index in [1.807, 2.05) is 0 Å². The van der Waals surface area contributed by atoms with Crippen molar-refractivity contribution >= 4 is 18.0 Å². The highest BCUT2D eigenvalue weighted by Crippen LogP contribution is 2.30. The van der Waals surface area contributed by atoms with Crippen molar-refractivity contribution in [3.63, 3.8) is 0 Å². The number of halogens is 6. The van der Waals surface area contributed by atoms with Crippen molar-refractivity contribution in [1.82, 2.24) is 10.3 Å². The maximum absolute atomic E-state index is 14.1. The lowest BCUT2D eigenvalue weighted by Gasteiger charge is -2.21.